The van der Waals surface area contributed by atoms with Crippen molar-refractivity contribution in [2.75, 3.05) is 0 Å². The number of aryl methyl sites for hydroxylation is 1. The van der Waals surface area contributed by atoms with E-state index in [1.54, 1.807) is 0 Å². The van der Waals surface area contributed by atoms with E-state index >= 15 is 0 Å². The molecule has 3 heterocycles. The molecular weight excluding hydrogens is 793 g/mol. The van der Waals surface area contributed by atoms with E-state index < -0.39 is 8.07 Å². The van der Waals surface area contributed by atoms with E-state index in [9.17, 15) is 0 Å². The van der Waals surface area contributed by atoms with Gasteiger partial charge in [0.05, 0.1) is 13.7 Å². The van der Waals surface area contributed by atoms with Crippen LogP contribution in [-0.4, -0.2) is 18.0 Å². The van der Waals surface area contributed by atoms with E-state index in [0.717, 1.165) is 50.0 Å². The van der Waals surface area contributed by atoms with Crippen molar-refractivity contribution in [3.8, 4) is 44.8 Å². The first kappa shape index (κ1) is 33.9. The predicted octanol–water partition coefficient (Wildman–Crippen LogP) is 11.2. The monoisotopic (exact) mass is 829 g/mol. The summed E-state index contributed by atoms with van der Waals surface area (Å²) in [5.74, 6) is 0. The molecule has 8 rings (SSSR count). The Morgan fingerprint density at radius 3 is 1.96 bits per heavy atom. The number of hydrogen-bond donors (Lipinski definition) is 0. The summed E-state index contributed by atoms with van der Waals surface area (Å²) in [4.78, 5) is 9.30. The van der Waals surface area contributed by atoms with Gasteiger partial charge in [-0.2, -0.15) is 0 Å². The summed E-state index contributed by atoms with van der Waals surface area (Å²) in [5, 5.41) is 3.58. The van der Waals surface area contributed by atoms with Crippen LogP contribution in [0, 0.1) is 19.1 Å². The number of furan rings is 1. The second-order valence-corrected chi connectivity index (χ2v) is 18.1. The smallest absolute Gasteiger partial charge is 0.120 e. The van der Waals surface area contributed by atoms with Gasteiger partial charge in [0.15, 0.2) is 0 Å². The van der Waals surface area contributed by atoms with Gasteiger partial charge >= 0.3 is 0 Å². The van der Waals surface area contributed by atoms with E-state index in [1.165, 1.54) is 27.4 Å². The quantitative estimate of drug-likeness (QED) is 0.128. The molecule has 0 amide bonds. The van der Waals surface area contributed by atoms with Crippen molar-refractivity contribution in [3.05, 3.63) is 164 Å². The fraction of sp³-hybridized carbons (Fsp3) is 0.0909. The molecule has 5 heteroatoms. The first-order valence-electron chi connectivity index (χ1n) is 16.2. The van der Waals surface area contributed by atoms with Crippen LogP contribution >= 0.6 is 0 Å². The van der Waals surface area contributed by atoms with E-state index in [0.29, 0.717) is 0 Å². The van der Waals surface area contributed by atoms with Crippen LogP contribution in [0.4, 0.5) is 0 Å². The largest absolute Gasteiger partial charge is 0.501 e. The molecule has 0 unspecified atom stereocenters. The van der Waals surface area contributed by atoms with E-state index in [4.69, 9.17) is 9.40 Å². The zero-order chi connectivity index (χ0) is 33.1. The van der Waals surface area contributed by atoms with Crippen LogP contribution in [0.2, 0.25) is 19.6 Å². The van der Waals surface area contributed by atoms with E-state index in [2.05, 4.69) is 135 Å². The molecule has 5 aromatic carbocycles. The molecule has 1 radical (unpaired) electrons. The number of fused-ring (bicyclic) bond motifs is 3. The number of rotatable bonds is 5. The molecule has 3 aromatic heterocycles. The van der Waals surface area contributed by atoms with Gasteiger partial charge in [-0.3, -0.25) is 0 Å². The number of aromatic nitrogens is 2. The summed E-state index contributed by atoms with van der Waals surface area (Å²) < 4.78 is 6.31. The van der Waals surface area contributed by atoms with Crippen molar-refractivity contribution >= 4 is 35.2 Å². The Bertz CT molecular complexity index is 2310. The normalized spacial score (nSPS) is 11.1. The maximum atomic E-state index is 6.31. The van der Waals surface area contributed by atoms with Crippen LogP contribution in [0.3, 0.4) is 0 Å². The number of benzene rings is 5. The van der Waals surface area contributed by atoms with E-state index in [1.807, 2.05) is 54.9 Å². The Hall–Kier alpha value is -4.93. The topological polar surface area (TPSA) is 38.9 Å². The summed E-state index contributed by atoms with van der Waals surface area (Å²) in [5.41, 5.74) is 11.4. The Balaban J connectivity index is 0.000000208. The van der Waals surface area contributed by atoms with Crippen molar-refractivity contribution in [1.82, 2.24) is 9.97 Å². The molecule has 0 aliphatic rings. The molecule has 0 aliphatic heterocycles. The minimum absolute atomic E-state index is 0. The minimum Gasteiger partial charge on any atom is -0.501 e. The maximum Gasteiger partial charge on any atom is 0.120 e. The summed E-state index contributed by atoms with van der Waals surface area (Å²) in [6.07, 6.45) is 3.96. The third kappa shape index (κ3) is 7.40. The molecule has 0 saturated carbocycles. The Morgan fingerprint density at radius 2 is 1.31 bits per heavy atom. The molecular formula is C44H36IrN2OSi-2. The molecule has 0 atom stereocenters. The van der Waals surface area contributed by atoms with Gasteiger partial charge in [-0.25, -0.2) is 0 Å². The van der Waals surface area contributed by atoms with Crippen molar-refractivity contribution < 1.29 is 24.5 Å². The van der Waals surface area contributed by atoms with Gasteiger partial charge in [-0.15, -0.1) is 54.1 Å². The average molecular weight is 829 g/mol. The van der Waals surface area contributed by atoms with Gasteiger partial charge in [0, 0.05) is 43.4 Å². The molecule has 0 fully saturated rings. The minimum atomic E-state index is -1.23. The summed E-state index contributed by atoms with van der Waals surface area (Å²) >= 11 is 0. The maximum absolute atomic E-state index is 6.31. The molecule has 3 nitrogen and oxygen atoms in total. The second-order valence-electron chi connectivity index (χ2n) is 13.0. The first-order valence-corrected chi connectivity index (χ1v) is 19.7. The fourth-order valence-electron chi connectivity index (χ4n) is 5.90. The molecule has 0 N–H and O–H groups in total. The van der Waals surface area contributed by atoms with Crippen molar-refractivity contribution in [2.24, 2.45) is 0 Å². The van der Waals surface area contributed by atoms with Gasteiger partial charge in [-0.05, 0) is 57.9 Å². The SMILES string of the molecule is C[Si](C)(C)c1ccc(-c2[c-]cccc2)nc1.Cc1cc(-c2[c-]ccc3c2oc2ccc(-c4ccccc4)cc23)ncc1-c1ccccc1.[Ir]. The van der Waals surface area contributed by atoms with Crippen molar-refractivity contribution in [1.29, 1.82) is 0 Å². The zero-order valence-electron chi connectivity index (χ0n) is 28.0. The van der Waals surface area contributed by atoms with Crippen molar-refractivity contribution in [2.45, 2.75) is 26.6 Å². The van der Waals surface area contributed by atoms with Gasteiger partial charge in [0.2, 0.25) is 0 Å². The second kappa shape index (κ2) is 14.7. The molecule has 0 spiro atoms. The Morgan fingerprint density at radius 1 is 0.592 bits per heavy atom. The van der Waals surface area contributed by atoms with Gasteiger partial charge in [0.25, 0.3) is 0 Å². The summed E-state index contributed by atoms with van der Waals surface area (Å²) in [6, 6.07) is 52.1. The predicted molar refractivity (Wildman–Crippen MR) is 203 cm³/mol. The standard InChI is InChI=1S/C30H20NO.C14H16NSi.Ir/c1-20-17-28(31-19-27(20)22-11-6-3-7-12-22)25-14-8-13-24-26-18-23(21-9-4-2-5-10-21)15-16-29(26)32-30(24)25;1-16(2,3)13-9-10-14(15-11-13)12-7-5-4-6-8-12;/h2-13,15-19H,1H3;4-7,9-11H,1-3H3;/q2*-1;. The first-order chi connectivity index (χ1) is 23.3. The van der Waals surface area contributed by atoms with Crippen LogP contribution in [0.1, 0.15) is 5.56 Å². The van der Waals surface area contributed by atoms with Crippen LogP contribution < -0.4 is 5.19 Å². The molecule has 0 bridgehead atoms. The van der Waals surface area contributed by atoms with Crippen molar-refractivity contribution in [3.63, 3.8) is 0 Å². The van der Waals surface area contributed by atoms with Crippen LogP contribution in [0.5, 0.6) is 0 Å². The molecule has 0 aliphatic carbocycles. The van der Waals surface area contributed by atoms with Gasteiger partial charge < -0.3 is 14.4 Å². The van der Waals surface area contributed by atoms with Crippen LogP contribution in [-0.2, 0) is 20.1 Å². The Kier molecular flexibility index (Phi) is 10.2. The van der Waals surface area contributed by atoms with Gasteiger partial charge in [-0.1, -0.05) is 116 Å². The summed E-state index contributed by atoms with van der Waals surface area (Å²) in [6.45, 7) is 9.12. The number of pyridine rings is 2. The third-order valence-electron chi connectivity index (χ3n) is 8.60. The number of nitrogens with zero attached hydrogens (tertiary/aromatic N) is 2. The van der Waals surface area contributed by atoms with Gasteiger partial charge in [0.1, 0.15) is 5.58 Å². The Labute approximate surface area is 303 Å². The average Bonchev–Trinajstić information content (AvgIpc) is 3.51. The third-order valence-corrected chi connectivity index (χ3v) is 10.6. The van der Waals surface area contributed by atoms with Crippen LogP contribution in [0.15, 0.2) is 150 Å². The zero-order valence-corrected chi connectivity index (χ0v) is 31.4. The molecule has 49 heavy (non-hydrogen) atoms. The van der Waals surface area contributed by atoms with E-state index in [-0.39, 0.29) is 20.1 Å². The molecule has 8 aromatic rings. The fourth-order valence-corrected chi connectivity index (χ4v) is 6.94. The number of hydrogen-bond acceptors (Lipinski definition) is 3. The molecule has 0 saturated heterocycles. The molecule has 243 valence electrons. The van der Waals surface area contributed by atoms with Crippen LogP contribution in [0.25, 0.3) is 66.7 Å². The summed E-state index contributed by atoms with van der Waals surface area (Å²) in [7, 11) is -1.23.